The number of ether oxygens (including phenoxy) is 1. The van der Waals surface area contributed by atoms with E-state index in [0.29, 0.717) is 0 Å². The highest BCUT2D eigenvalue weighted by molar-refractivity contribution is 8.34. The Morgan fingerprint density at radius 1 is 1.18 bits per heavy atom. The number of anilines is 1. The van der Waals surface area contributed by atoms with Crippen molar-refractivity contribution in [1.82, 2.24) is 14.8 Å². The van der Waals surface area contributed by atoms with Gasteiger partial charge >= 0.3 is 0 Å². The van der Waals surface area contributed by atoms with Crippen LogP contribution in [0.4, 0.5) is 5.95 Å². The first-order valence-corrected chi connectivity index (χ1v) is 14.2. The van der Waals surface area contributed by atoms with Gasteiger partial charge in [-0.1, -0.05) is 11.8 Å². The fourth-order valence-electron chi connectivity index (χ4n) is 2.73. The summed E-state index contributed by atoms with van der Waals surface area (Å²) >= 11 is 0. The molecule has 0 atom stereocenters. The third kappa shape index (κ3) is 5.15. The Morgan fingerprint density at radius 3 is 2.42 bits per heavy atom. The van der Waals surface area contributed by atoms with E-state index in [1.807, 2.05) is 18.8 Å². The Hall–Kier alpha value is -3.43. The summed E-state index contributed by atoms with van der Waals surface area (Å²) < 4.78 is 33.4. The summed E-state index contributed by atoms with van der Waals surface area (Å²) in [4.78, 5) is 4.27. The molecule has 0 aliphatic carbocycles. The zero-order valence-electron chi connectivity index (χ0n) is 18.8. The number of hydrogen-bond acceptors (Lipinski definition) is 8. The minimum absolute atomic E-state index is 0.0183. The SMILES string of the molecule is CCS(=O)(=O)N(/C=C/S(C)(C)C)c1nnc(C2=C=C=CC(OC)=N2)n1-c1c(O)cccc1O. The van der Waals surface area contributed by atoms with Crippen LogP contribution >= 0.6 is 10.0 Å². The molecule has 2 N–H and O–H groups in total. The summed E-state index contributed by atoms with van der Waals surface area (Å²) in [5.74, 6) is -0.780. The van der Waals surface area contributed by atoms with Crippen molar-refractivity contribution in [2.45, 2.75) is 6.92 Å². The molecular weight excluding hydrogens is 466 g/mol. The minimum atomic E-state index is -3.86. The highest BCUT2D eigenvalue weighted by Crippen LogP contribution is 2.39. The third-order valence-corrected chi connectivity index (χ3v) is 6.91. The van der Waals surface area contributed by atoms with Gasteiger partial charge in [-0.3, -0.25) is 4.57 Å². The van der Waals surface area contributed by atoms with Crippen molar-refractivity contribution < 1.29 is 23.4 Å². The van der Waals surface area contributed by atoms with Gasteiger partial charge in [0.05, 0.1) is 18.9 Å². The van der Waals surface area contributed by atoms with Gasteiger partial charge in [0.1, 0.15) is 17.2 Å². The zero-order chi connectivity index (χ0) is 24.4. The number of phenolic OH excluding ortho intramolecular Hbond substituents is 2. The van der Waals surface area contributed by atoms with Gasteiger partial charge in [-0.15, -0.1) is 10.2 Å². The predicted octanol–water partition coefficient (Wildman–Crippen LogP) is 2.71. The number of aliphatic imine (C=N–C) groups is 1. The molecule has 12 heteroatoms. The number of para-hydroxylation sites is 1. The molecule has 0 unspecified atom stereocenters. The van der Waals surface area contributed by atoms with Gasteiger partial charge in [0, 0.05) is 6.20 Å². The number of nitrogens with zero attached hydrogens (tertiary/aromatic N) is 5. The molecule has 0 amide bonds. The fraction of sp³-hybridized carbons (Fsp3) is 0.286. The summed E-state index contributed by atoms with van der Waals surface area (Å²) in [6, 6.07) is 4.15. The molecule has 0 bridgehead atoms. The van der Waals surface area contributed by atoms with E-state index < -0.39 is 20.1 Å². The van der Waals surface area contributed by atoms with Gasteiger partial charge in [0.25, 0.3) is 0 Å². The number of sulfonamides is 1. The maximum Gasteiger partial charge on any atom is 0.250 e. The number of rotatable bonds is 7. The Labute approximate surface area is 193 Å². The van der Waals surface area contributed by atoms with Crippen molar-refractivity contribution in [2.75, 3.05) is 35.9 Å². The quantitative estimate of drug-likeness (QED) is 0.570. The molecular formula is C21H25N5O5S2. The van der Waals surface area contributed by atoms with Crippen LogP contribution in [0.3, 0.4) is 0 Å². The van der Waals surface area contributed by atoms with E-state index in [9.17, 15) is 18.6 Å². The van der Waals surface area contributed by atoms with Crippen LogP contribution in [-0.4, -0.2) is 70.9 Å². The molecule has 1 aliphatic rings. The van der Waals surface area contributed by atoms with Crippen molar-refractivity contribution in [1.29, 1.82) is 0 Å². The average molecular weight is 492 g/mol. The molecule has 10 nitrogen and oxygen atoms in total. The predicted molar refractivity (Wildman–Crippen MR) is 131 cm³/mol. The number of methoxy groups -OCH3 is 1. The van der Waals surface area contributed by atoms with Crippen molar-refractivity contribution in [3.05, 3.63) is 53.2 Å². The van der Waals surface area contributed by atoms with Crippen LogP contribution in [0.15, 0.2) is 52.3 Å². The molecule has 0 saturated heterocycles. The number of benzene rings is 1. The van der Waals surface area contributed by atoms with Gasteiger partial charge in [0.15, 0.2) is 11.5 Å². The summed E-state index contributed by atoms with van der Waals surface area (Å²) in [5.41, 5.74) is 5.54. The Morgan fingerprint density at radius 2 is 1.85 bits per heavy atom. The molecule has 0 saturated carbocycles. The van der Waals surface area contributed by atoms with E-state index in [2.05, 4.69) is 26.7 Å². The van der Waals surface area contributed by atoms with Crippen molar-refractivity contribution in [3.8, 4) is 17.2 Å². The largest absolute Gasteiger partial charge is 0.506 e. The maximum absolute atomic E-state index is 13.0. The minimum Gasteiger partial charge on any atom is -0.506 e. The molecule has 0 spiro atoms. The molecule has 176 valence electrons. The molecule has 2 heterocycles. The van der Waals surface area contributed by atoms with Crippen LogP contribution in [0.25, 0.3) is 11.4 Å². The standard InChI is InChI=1S/C21H25N5O5S2/c1-6-33(29,30)25(13-14-32(3,4)5)21-24-23-20(15-9-7-12-18(22-15)31-2)26(21)19-16(27)10-8-11-17(19)28/h8,10-14,27-28H,6H2,1-5H3/b14-13+. The summed E-state index contributed by atoms with van der Waals surface area (Å²) in [6.07, 6.45) is 8.87. The van der Waals surface area contributed by atoms with Gasteiger partial charge in [-0.2, -0.15) is 0 Å². The Kier molecular flexibility index (Phi) is 6.76. The van der Waals surface area contributed by atoms with Crippen molar-refractivity contribution in [2.24, 2.45) is 4.99 Å². The van der Waals surface area contributed by atoms with E-state index in [0.717, 1.165) is 4.31 Å². The first kappa shape index (κ1) is 24.2. The number of phenols is 2. The number of aromatic hydroxyl groups is 2. The van der Waals surface area contributed by atoms with E-state index >= 15 is 0 Å². The lowest BCUT2D eigenvalue weighted by Crippen LogP contribution is -2.30. The van der Waals surface area contributed by atoms with Crippen LogP contribution in [-0.2, 0) is 14.8 Å². The van der Waals surface area contributed by atoms with Gasteiger partial charge < -0.3 is 14.9 Å². The van der Waals surface area contributed by atoms with Gasteiger partial charge in [0.2, 0.25) is 21.9 Å². The van der Waals surface area contributed by atoms with E-state index in [-0.39, 0.29) is 46.3 Å². The molecule has 2 aromatic rings. The zero-order valence-corrected chi connectivity index (χ0v) is 20.5. The molecule has 3 rings (SSSR count). The van der Waals surface area contributed by atoms with E-state index in [1.54, 1.807) is 5.41 Å². The van der Waals surface area contributed by atoms with Crippen molar-refractivity contribution >= 4 is 37.6 Å². The molecule has 0 fully saturated rings. The second-order valence-corrected chi connectivity index (χ2v) is 13.9. The third-order valence-electron chi connectivity index (χ3n) is 4.36. The second kappa shape index (κ2) is 9.21. The lowest BCUT2D eigenvalue weighted by atomic mass is 10.2. The summed E-state index contributed by atoms with van der Waals surface area (Å²) in [7, 11) is -3.66. The van der Waals surface area contributed by atoms with Crippen LogP contribution < -0.4 is 4.31 Å². The first-order valence-electron chi connectivity index (χ1n) is 9.68. The van der Waals surface area contributed by atoms with Crippen LogP contribution in [0.2, 0.25) is 0 Å². The maximum atomic E-state index is 13.0. The average Bonchev–Trinajstić information content (AvgIpc) is 3.17. The number of aromatic nitrogens is 3. The smallest absolute Gasteiger partial charge is 0.250 e. The summed E-state index contributed by atoms with van der Waals surface area (Å²) in [5, 5.41) is 31.2. The lowest BCUT2D eigenvalue weighted by Gasteiger charge is -2.24. The molecule has 0 radical (unpaired) electrons. The second-order valence-electron chi connectivity index (χ2n) is 7.63. The van der Waals surface area contributed by atoms with Crippen LogP contribution in [0.5, 0.6) is 11.5 Å². The lowest BCUT2D eigenvalue weighted by molar-refractivity contribution is 0.407. The van der Waals surface area contributed by atoms with Gasteiger partial charge in [-0.05, 0) is 49.0 Å². The monoisotopic (exact) mass is 491 g/mol. The fourth-order valence-corrected chi connectivity index (χ4v) is 4.19. The molecule has 1 aliphatic heterocycles. The first-order chi connectivity index (χ1) is 15.5. The summed E-state index contributed by atoms with van der Waals surface area (Å²) in [6.45, 7) is 1.51. The van der Waals surface area contributed by atoms with Crippen LogP contribution in [0.1, 0.15) is 12.7 Å². The molecule has 1 aromatic heterocycles. The highest BCUT2D eigenvalue weighted by Gasteiger charge is 2.30. The van der Waals surface area contributed by atoms with Gasteiger partial charge in [-0.25, -0.2) is 27.7 Å². The normalized spacial score (nSPS) is 14.3. The van der Waals surface area contributed by atoms with E-state index in [4.69, 9.17) is 4.74 Å². The molecule has 1 aromatic carbocycles. The van der Waals surface area contributed by atoms with Crippen molar-refractivity contribution in [3.63, 3.8) is 0 Å². The Balaban J connectivity index is 2.39. The Bertz CT molecular complexity index is 1320. The topological polar surface area (TPSA) is 130 Å². The molecule has 33 heavy (non-hydrogen) atoms. The van der Waals surface area contributed by atoms with Crippen LogP contribution in [0, 0.1) is 0 Å². The van der Waals surface area contributed by atoms with E-state index in [1.165, 1.54) is 49.1 Å². The highest BCUT2D eigenvalue weighted by atomic mass is 32.3. The number of hydrogen-bond donors (Lipinski definition) is 2.